The molecule has 0 bridgehead atoms. The van der Waals surface area contributed by atoms with E-state index in [-0.39, 0.29) is 6.04 Å². The molecule has 3 aromatic rings. The highest BCUT2D eigenvalue weighted by atomic mass is 35.5. The van der Waals surface area contributed by atoms with E-state index in [0.29, 0.717) is 11.6 Å². The van der Waals surface area contributed by atoms with Crippen LogP contribution in [0.5, 0.6) is 5.75 Å². The Morgan fingerprint density at radius 2 is 1.72 bits per heavy atom. The molecule has 0 heterocycles. The standard InChI is InChI=1S/C21H20ClNOS/c1-15(23)20-11-10-19(13-21(20)22)25-18-9-5-8-17(12-18)24-14-16-6-3-2-4-7-16/h2-13,15H,14,23H2,1H3. The van der Waals surface area contributed by atoms with Gasteiger partial charge in [0.1, 0.15) is 12.4 Å². The predicted octanol–water partition coefficient (Wildman–Crippen LogP) is 6.09. The summed E-state index contributed by atoms with van der Waals surface area (Å²) in [4.78, 5) is 2.18. The first kappa shape index (κ1) is 17.9. The van der Waals surface area contributed by atoms with Crippen LogP contribution in [0.3, 0.4) is 0 Å². The number of hydrogen-bond acceptors (Lipinski definition) is 3. The van der Waals surface area contributed by atoms with E-state index in [9.17, 15) is 0 Å². The van der Waals surface area contributed by atoms with Crippen molar-refractivity contribution in [3.63, 3.8) is 0 Å². The summed E-state index contributed by atoms with van der Waals surface area (Å²) in [5, 5.41) is 0.705. The van der Waals surface area contributed by atoms with Crippen molar-refractivity contribution in [1.29, 1.82) is 0 Å². The molecule has 1 atom stereocenters. The van der Waals surface area contributed by atoms with Crippen LogP contribution in [0.15, 0.2) is 82.6 Å². The third kappa shape index (κ3) is 5.02. The first-order valence-electron chi connectivity index (χ1n) is 8.11. The summed E-state index contributed by atoms with van der Waals surface area (Å²) in [5.41, 5.74) is 8.03. The van der Waals surface area contributed by atoms with Gasteiger partial charge in [-0.2, -0.15) is 0 Å². The summed E-state index contributed by atoms with van der Waals surface area (Å²) < 4.78 is 5.89. The van der Waals surface area contributed by atoms with Crippen LogP contribution >= 0.6 is 23.4 Å². The number of ether oxygens (including phenoxy) is 1. The van der Waals surface area contributed by atoms with Crippen LogP contribution < -0.4 is 10.5 Å². The highest BCUT2D eigenvalue weighted by molar-refractivity contribution is 7.99. The van der Waals surface area contributed by atoms with Gasteiger partial charge in [0.15, 0.2) is 0 Å². The summed E-state index contributed by atoms with van der Waals surface area (Å²) in [6.07, 6.45) is 0. The molecule has 0 aliphatic rings. The monoisotopic (exact) mass is 369 g/mol. The van der Waals surface area contributed by atoms with E-state index in [0.717, 1.165) is 26.7 Å². The van der Waals surface area contributed by atoms with E-state index in [1.165, 1.54) is 0 Å². The first-order valence-corrected chi connectivity index (χ1v) is 9.31. The van der Waals surface area contributed by atoms with Crippen LogP contribution in [0, 0.1) is 0 Å². The highest BCUT2D eigenvalue weighted by Gasteiger charge is 2.07. The van der Waals surface area contributed by atoms with Gasteiger partial charge in [0.05, 0.1) is 0 Å². The summed E-state index contributed by atoms with van der Waals surface area (Å²) in [6.45, 7) is 2.49. The molecule has 2 N–H and O–H groups in total. The SMILES string of the molecule is CC(N)c1ccc(Sc2cccc(OCc3ccccc3)c2)cc1Cl. The van der Waals surface area contributed by atoms with Crippen molar-refractivity contribution in [3.05, 3.63) is 88.9 Å². The summed E-state index contributed by atoms with van der Waals surface area (Å²) in [5.74, 6) is 0.854. The first-order chi connectivity index (χ1) is 12.1. The largest absolute Gasteiger partial charge is 0.489 e. The fourth-order valence-corrected chi connectivity index (χ4v) is 3.77. The number of hydrogen-bond donors (Lipinski definition) is 1. The maximum atomic E-state index is 6.32. The third-order valence-electron chi connectivity index (χ3n) is 3.75. The van der Waals surface area contributed by atoms with Gasteiger partial charge in [0.2, 0.25) is 0 Å². The van der Waals surface area contributed by atoms with Crippen molar-refractivity contribution in [1.82, 2.24) is 0 Å². The molecule has 4 heteroatoms. The number of halogens is 1. The zero-order chi connectivity index (χ0) is 17.6. The Balaban J connectivity index is 1.68. The van der Waals surface area contributed by atoms with Gasteiger partial charge in [-0.05, 0) is 48.4 Å². The van der Waals surface area contributed by atoms with E-state index < -0.39 is 0 Å². The quantitative estimate of drug-likeness (QED) is 0.571. The van der Waals surface area contributed by atoms with E-state index in [4.69, 9.17) is 22.1 Å². The van der Waals surface area contributed by atoms with Gasteiger partial charge >= 0.3 is 0 Å². The molecular weight excluding hydrogens is 350 g/mol. The van der Waals surface area contributed by atoms with Crippen molar-refractivity contribution in [2.24, 2.45) is 5.73 Å². The molecule has 0 aliphatic heterocycles. The van der Waals surface area contributed by atoms with Gasteiger partial charge in [-0.25, -0.2) is 0 Å². The van der Waals surface area contributed by atoms with Gasteiger partial charge in [0.25, 0.3) is 0 Å². The van der Waals surface area contributed by atoms with E-state index in [1.54, 1.807) is 11.8 Å². The molecule has 0 saturated heterocycles. The van der Waals surface area contributed by atoms with Crippen molar-refractivity contribution in [2.75, 3.05) is 0 Å². The Morgan fingerprint density at radius 3 is 2.44 bits per heavy atom. The molecule has 3 aromatic carbocycles. The fraction of sp³-hybridized carbons (Fsp3) is 0.143. The van der Waals surface area contributed by atoms with Crippen LogP contribution in [0.1, 0.15) is 24.1 Å². The lowest BCUT2D eigenvalue weighted by Crippen LogP contribution is -2.05. The molecule has 0 radical (unpaired) electrons. The number of benzene rings is 3. The average molecular weight is 370 g/mol. The lowest BCUT2D eigenvalue weighted by molar-refractivity contribution is 0.305. The molecule has 3 rings (SSSR count). The second-order valence-electron chi connectivity index (χ2n) is 5.82. The normalized spacial score (nSPS) is 12.0. The Kier molecular flexibility index (Phi) is 6.03. The van der Waals surface area contributed by atoms with E-state index >= 15 is 0 Å². The van der Waals surface area contributed by atoms with Crippen LogP contribution in [0.2, 0.25) is 5.02 Å². The van der Waals surface area contributed by atoms with Gasteiger partial charge in [0, 0.05) is 20.9 Å². The second kappa shape index (κ2) is 8.43. The zero-order valence-corrected chi connectivity index (χ0v) is 15.6. The summed E-state index contributed by atoms with van der Waals surface area (Å²) >= 11 is 7.97. The van der Waals surface area contributed by atoms with Crippen molar-refractivity contribution in [2.45, 2.75) is 29.4 Å². The third-order valence-corrected chi connectivity index (χ3v) is 5.06. The molecule has 1 unspecified atom stereocenters. The van der Waals surface area contributed by atoms with E-state index in [1.807, 2.05) is 61.5 Å². The Hall–Kier alpha value is -1.94. The lowest BCUT2D eigenvalue weighted by Gasteiger charge is -2.11. The highest BCUT2D eigenvalue weighted by Crippen LogP contribution is 2.33. The van der Waals surface area contributed by atoms with Crippen molar-refractivity contribution < 1.29 is 4.74 Å². The topological polar surface area (TPSA) is 35.2 Å². The molecule has 128 valence electrons. The molecule has 0 saturated carbocycles. The maximum absolute atomic E-state index is 6.32. The molecule has 25 heavy (non-hydrogen) atoms. The molecule has 0 amide bonds. The molecule has 0 aromatic heterocycles. The van der Waals surface area contributed by atoms with Gasteiger partial charge in [-0.15, -0.1) is 0 Å². The van der Waals surface area contributed by atoms with Crippen molar-refractivity contribution in [3.8, 4) is 5.75 Å². The fourth-order valence-electron chi connectivity index (χ4n) is 2.45. The van der Waals surface area contributed by atoms with Gasteiger partial charge in [-0.3, -0.25) is 0 Å². The second-order valence-corrected chi connectivity index (χ2v) is 7.38. The Bertz CT molecular complexity index is 836. The predicted molar refractivity (Wildman–Crippen MR) is 105 cm³/mol. The van der Waals surface area contributed by atoms with Crippen LogP contribution in [0.4, 0.5) is 0 Å². The maximum Gasteiger partial charge on any atom is 0.120 e. The number of rotatable bonds is 6. The van der Waals surface area contributed by atoms with E-state index in [2.05, 4.69) is 18.2 Å². The number of nitrogens with two attached hydrogens (primary N) is 1. The summed E-state index contributed by atoms with van der Waals surface area (Å²) in [6, 6.07) is 24.2. The lowest BCUT2D eigenvalue weighted by atomic mass is 10.1. The minimum absolute atomic E-state index is 0.0683. The average Bonchev–Trinajstić information content (AvgIpc) is 2.61. The summed E-state index contributed by atoms with van der Waals surface area (Å²) in [7, 11) is 0. The zero-order valence-electron chi connectivity index (χ0n) is 14.0. The molecule has 2 nitrogen and oxygen atoms in total. The molecule has 0 aliphatic carbocycles. The molecular formula is C21H20ClNOS. The molecule has 0 spiro atoms. The van der Waals surface area contributed by atoms with Crippen LogP contribution in [-0.4, -0.2) is 0 Å². The Labute approximate surface area is 158 Å². The minimum Gasteiger partial charge on any atom is -0.489 e. The smallest absolute Gasteiger partial charge is 0.120 e. The van der Waals surface area contributed by atoms with Gasteiger partial charge in [-0.1, -0.05) is 65.8 Å². The molecule has 0 fully saturated rings. The van der Waals surface area contributed by atoms with Gasteiger partial charge < -0.3 is 10.5 Å². The van der Waals surface area contributed by atoms with Crippen LogP contribution in [-0.2, 0) is 6.61 Å². The van der Waals surface area contributed by atoms with Crippen LogP contribution in [0.25, 0.3) is 0 Å². The van der Waals surface area contributed by atoms with Crippen molar-refractivity contribution >= 4 is 23.4 Å². The minimum atomic E-state index is -0.0683. The Morgan fingerprint density at radius 1 is 0.960 bits per heavy atom.